The molecule has 3 N–H and O–H groups in total. The molecule has 2 aromatic heterocycles. The molecule has 11 heteroatoms. The zero-order valence-corrected chi connectivity index (χ0v) is 16.3. The molecule has 2 aromatic rings. The van der Waals surface area contributed by atoms with Gasteiger partial charge in [-0.1, -0.05) is 19.1 Å². The molecule has 4 rings (SSSR count). The van der Waals surface area contributed by atoms with Crippen molar-refractivity contribution in [3.63, 3.8) is 0 Å². The molecule has 0 bridgehead atoms. The van der Waals surface area contributed by atoms with Gasteiger partial charge in [0.1, 0.15) is 18.1 Å². The Morgan fingerprint density at radius 2 is 2.03 bits per heavy atom. The number of aromatic nitrogens is 4. The van der Waals surface area contributed by atoms with Gasteiger partial charge in [0.15, 0.2) is 11.5 Å². The molecule has 0 amide bonds. The largest absolute Gasteiger partial charge is 0.417 e. The number of aliphatic hydroxyl groups is 1. The highest BCUT2D eigenvalue weighted by Crippen LogP contribution is 2.42. The number of aliphatic hydroxyl groups excluding tert-OH is 1. The minimum atomic E-state index is -4.39. The topological polar surface area (TPSA) is 99.1 Å². The number of nitrogens with two attached hydrogens (primary N) is 1. The monoisotopic (exact) mass is 427 g/mol. The number of nitrogens with zero attached hydrogens (tertiary/aromatic N) is 4. The highest BCUT2D eigenvalue weighted by Gasteiger charge is 2.43. The number of imidazole rings is 1. The van der Waals surface area contributed by atoms with Gasteiger partial charge in [0.2, 0.25) is 0 Å². The first kappa shape index (κ1) is 20.2. The highest BCUT2D eigenvalue weighted by atomic mass is 32.2. The Labute approximate surface area is 168 Å². The second-order valence-electron chi connectivity index (χ2n) is 7.07. The van der Waals surface area contributed by atoms with Gasteiger partial charge in [0, 0.05) is 16.6 Å². The lowest BCUT2D eigenvalue weighted by Crippen LogP contribution is -2.27. The van der Waals surface area contributed by atoms with Gasteiger partial charge in [0.05, 0.1) is 24.1 Å². The summed E-state index contributed by atoms with van der Waals surface area (Å²) in [7, 11) is 0. The van der Waals surface area contributed by atoms with Crippen molar-refractivity contribution in [1.82, 2.24) is 19.5 Å². The van der Waals surface area contributed by atoms with Crippen LogP contribution in [0.25, 0.3) is 11.2 Å². The molecule has 1 fully saturated rings. The van der Waals surface area contributed by atoms with E-state index in [2.05, 4.69) is 15.0 Å². The normalized spacial score (nSPS) is 27.9. The third-order valence-corrected chi connectivity index (χ3v) is 6.36. The van der Waals surface area contributed by atoms with Crippen LogP contribution in [0.4, 0.5) is 19.0 Å². The first-order valence-corrected chi connectivity index (χ1v) is 10.1. The smallest absolute Gasteiger partial charge is 0.390 e. The molecule has 3 heterocycles. The maximum Gasteiger partial charge on any atom is 0.417 e. The van der Waals surface area contributed by atoms with Crippen LogP contribution >= 0.6 is 11.8 Å². The summed E-state index contributed by atoms with van der Waals surface area (Å²) in [5.41, 5.74) is 6.11. The fourth-order valence-electron chi connectivity index (χ4n) is 3.62. The SMILES string of the molecule is C[C@H]1C(n2cnc3c(N)ncnc32)O[C@H](CSC2=CCCC=C2C(F)(F)F)[C@H]1O. The summed E-state index contributed by atoms with van der Waals surface area (Å²) < 4.78 is 47.4. The van der Waals surface area contributed by atoms with Crippen molar-refractivity contribution in [2.75, 3.05) is 11.5 Å². The zero-order valence-electron chi connectivity index (χ0n) is 15.5. The van der Waals surface area contributed by atoms with E-state index in [1.807, 2.05) is 6.92 Å². The van der Waals surface area contributed by atoms with Gasteiger partial charge in [-0.3, -0.25) is 4.57 Å². The molecule has 1 unspecified atom stereocenters. The van der Waals surface area contributed by atoms with E-state index in [-0.39, 0.29) is 22.4 Å². The number of rotatable bonds is 4. The van der Waals surface area contributed by atoms with Crippen LogP contribution in [0.5, 0.6) is 0 Å². The summed E-state index contributed by atoms with van der Waals surface area (Å²) in [4.78, 5) is 12.5. The van der Waals surface area contributed by atoms with Crippen LogP contribution in [0.2, 0.25) is 0 Å². The average molecular weight is 427 g/mol. The van der Waals surface area contributed by atoms with Gasteiger partial charge < -0.3 is 15.6 Å². The molecule has 156 valence electrons. The molecule has 29 heavy (non-hydrogen) atoms. The Balaban J connectivity index is 1.50. The number of hydrogen-bond acceptors (Lipinski definition) is 7. The molecule has 1 saturated heterocycles. The molecule has 0 spiro atoms. The minimum absolute atomic E-state index is 0.184. The van der Waals surface area contributed by atoms with Crippen molar-refractivity contribution in [3.8, 4) is 0 Å². The molecule has 0 radical (unpaired) electrons. The van der Waals surface area contributed by atoms with Crippen LogP contribution in [0, 0.1) is 5.92 Å². The van der Waals surface area contributed by atoms with Crippen molar-refractivity contribution in [3.05, 3.63) is 35.3 Å². The van der Waals surface area contributed by atoms with Crippen LogP contribution in [0.15, 0.2) is 35.3 Å². The number of hydrogen-bond donors (Lipinski definition) is 2. The molecular weight excluding hydrogens is 407 g/mol. The van der Waals surface area contributed by atoms with Gasteiger partial charge in [0.25, 0.3) is 0 Å². The Morgan fingerprint density at radius 3 is 2.79 bits per heavy atom. The maximum atomic E-state index is 13.2. The van der Waals surface area contributed by atoms with E-state index in [9.17, 15) is 18.3 Å². The van der Waals surface area contributed by atoms with E-state index in [1.165, 1.54) is 18.7 Å². The Bertz CT molecular complexity index is 974. The zero-order chi connectivity index (χ0) is 20.8. The number of fused-ring (bicyclic) bond motifs is 1. The summed E-state index contributed by atoms with van der Waals surface area (Å²) in [6.45, 7) is 1.82. The van der Waals surface area contributed by atoms with E-state index in [4.69, 9.17) is 10.5 Å². The van der Waals surface area contributed by atoms with Crippen molar-refractivity contribution in [2.45, 2.75) is 44.4 Å². The van der Waals surface area contributed by atoms with Gasteiger partial charge in [-0.05, 0) is 12.8 Å². The summed E-state index contributed by atoms with van der Waals surface area (Å²) in [5, 5.41) is 10.6. The lowest BCUT2D eigenvalue weighted by molar-refractivity contribution is -0.0890. The molecule has 0 aromatic carbocycles. The van der Waals surface area contributed by atoms with E-state index in [1.54, 1.807) is 10.6 Å². The molecule has 1 aliphatic carbocycles. The third-order valence-electron chi connectivity index (χ3n) is 5.16. The number of ether oxygens (including phenoxy) is 1. The van der Waals surface area contributed by atoms with E-state index >= 15 is 0 Å². The van der Waals surface area contributed by atoms with E-state index in [0.717, 1.165) is 11.8 Å². The predicted molar refractivity (Wildman–Crippen MR) is 103 cm³/mol. The third kappa shape index (κ3) is 3.74. The second-order valence-corrected chi connectivity index (χ2v) is 8.13. The standard InChI is InChI=1S/C18H20F3N5O2S/c1-9-14(27)11(6-29-12-5-3-2-4-10(12)18(19,20)21)28-17(9)26-8-25-13-15(22)23-7-24-16(13)26/h4-5,7-9,11,14,17,27H,2-3,6H2,1H3,(H2,22,23,24)/t9-,11-,14+,17?/m1/s1. The number of alkyl halides is 3. The van der Waals surface area contributed by atoms with Crippen LogP contribution in [0.3, 0.4) is 0 Å². The fourth-order valence-corrected chi connectivity index (χ4v) is 4.83. The van der Waals surface area contributed by atoms with Crippen molar-refractivity contribution < 1.29 is 23.0 Å². The van der Waals surface area contributed by atoms with Crippen LogP contribution in [-0.2, 0) is 4.74 Å². The number of anilines is 1. The lowest BCUT2D eigenvalue weighted by Gasteiger charge is -2.20. The van der Waals surface area contributed by atoms with Crippen LogP contribution in [-0.4, -0.2) is 48.8 Å². The summed E-state index contributed by atoms with van der Waals surface area (Å²) in [6.07, 6.45) is 0.178. The molecular formula is C18H20F3N5O2S. The number of thioether (sulfide) groups is 1. The number of halogens is 3. The molecule has 1 aliphatic heterocycles. The summed E-state index contributed by atoms with van der Waals surface area (Å²) in [5.74, 6) is 0.125. The highest BCUT2D eigenvalue weighted by molar-refractivity contribution is 8.03. The number of allylic oxidation sites excluding steroid dienone is 3. The number of nitrogen functional groups attached to an aromatic ring is 1. The van der Waals surface area contributed by atoms with Gasteiger partial charge in [-0.25, -0.2) is 15.0 Å². The van der Waals surface area contributed by atoms with Gasteiger partial charge in [-0.2, -0.15) is 13.2 Å². The fraction of sp³-hybridized carbons (Fsp3) is 0.500. The first-order valence-electron chi connectivity index (χ1n) is 9.14. The quantitative estimate of drug-likeness (QED) is 0.773. The summed E-state index contributed by atoms with van der Waals surface area (Å²) in [6, 6.07) is 0. The van der Waals surface area contributed by atoms with Crippen LogP contribution in [0.1, 0.15) is 26.0 Å². The molecule has 2 aliphatic rings. The van der Waals surface area contributed by atoms with Crippen molar-refractivity contribution in [2.24, 2.45) is 5.92 Å². The second kappa shape index (κ2) is 7.62. The molecule has 7 nitrogen and oxygen atoms in total. The minimum Gasteiger partial charge on any atom is -0.390 e. The van der Waals surface area contributed by atoms with Crippen molar-refractivity contribution >= 4 is 28.7 Å². The first-order chi connectivity index (χ1) is 13.8. The Morgan fingerprint density at radius 1 is 1.28 bits per heavy atom. The Hall–Kier alpha value is -2.11. The molecule has 4 atom stereocenters. The average Bonchev–Trinajstić information content (AvgIpc) is 3.23. The Kier molecular flexibility index (Phi) is 5.30. The van der Waals surface area contributed by atoms with Crippen LogP contribution < -0.4 is 5.73 Å². The van der Waals surface area contributed by atoms with E-state index < -0.39 is 30.2 Å². The van der Waals surface area contributed by atoms with E-state index in [0.29, 0.717) is 24.0 Å². The van der Waals surface area contributed by atoms with Gasteiger partial charge in [-0.15, -0.1) is 11.8 Å². The van der Waals surface area contributed by atoms with Crippen molar-refractivity contribution in [1.29, 1.82) is 0 Å². The maximum absolute atomic E-state index is 13.2. The predicted octanol–water partition coefficient (Wildman–Crippen LogP) is 3.20. The molecule has 0 saturated carbocycles. The summed E-state index contributed by atoms with van der Waals surface area (Å²) >= 11 is 1.06. The van der Waals surface area contributed by atoms with Gasteiger partial charge >= 0.3 is 6.18 Å². The lowest BCUT2D eigenvalue weighted by atomic mass is 10.0.